The van der Waals surface area contributed by atoms with Crippen LogP contribution in [0.15, 0.2) is 67.0 Å². The van der Waals surface area contributed by atoms with Gasteiger partial charge in [0.25, 0.3) is 5.91 Å². The summed E-state index contributed by atoms with van der Waals surface area (Å²) in [6.07, 6.45) is 3.84. The molecule has 0 radical (unpaired) electrons. The van der Waals surface area contributed by atoms with E-state index in [1.165, 1.54) is 53.1 Å². The van der Waals surface area contributed by atoms with Crippen LogP contribution in [-0.2, 0) is 13.2 Å². The van der Waals surface area contributed by atoms with Crippen molar-refractivity contribution in [3.8, 4) is 5.75 Å². The normalized spacial score (nSPS) is 14.6. The molecule has 0 bridgehead atoms. The second kappa shape index (κ2) is 12.1. The number of nitrogens with one attached hydrogen (secondary N) is 2. The van der Waals surface area contributed by atoms with Crippen molar-refractivity contribution < 1.29 is 18.7 Å². The van der Waals surface area contributed by atoms with Crippen LogP contribution in [0.3, 0.4) is 0 Å². The van der Waals surface area contributed by atoms with Crippen LogP contribution in [0.25, 0.3) is 10.2 Å². The average Bonchev–Trinajstić information content (AvgIpc) is 3.67. The Hall–Kier alpha value is -4.58. The summed E-state index contributed by atoms with van der Waals surface area (Å²) >= 11 is 7.68. The summed E-state index contributed by atoms with van der Waals surface area (Å²) in [5.74, 6) is -0.0604. The summed E-state index contributed by atoms with van der Waals surface area (Å²) in [5.41, 5.74) is 4.04. The molecule has 1 fully saturated rings. The molecule has 0 aliphatic carbocycles. The summed E-state index contributed by atoms with van der Waals surface area (Å²) in [6.45, 7) is 5.03. The Morgan fingerprint density at radius 1 is 1.09 bits per heavy atom. The first-order valence-corrected chi connectivity index (χ1v) is 15.7. The molecule has 2 N–H and O–H groups in total. The first-order valence-electron chi connectivity index (χ1n) is 14.5. The van der Waals surface area contributed by atoms with Gasteiger partial charge in [0, 0.05) is 18.3 Å². The predicted octanol–water partition coefficient (Wildman–Crippen LogP) is 7.90. The van der Waals surface area contributed by atoms with E-state index < -0.39 is 6.03 Å². The molecule has 4 heterocycles. The molecule has 45 heavy (non-hydrogen) atoms. The van der Waals surface area contributed by atoms with Crippen LogP contribution in [0.5, 0.6) is 5.75 Å². The summed E-state index contributed by atoms with van der Waals surface area (Å²) in [4.78, 5) is 40.8. The predicted molar refractivity (Wildman–Crippen MR) is 174 cm³/mol. The number of anilines is 4. The molecule has 0 unspecified atom stereocenters. The lowest BCUT2D eigenvalue weighted by atomic mass is 10.1. The standard InChI is InChI=1S/C33H28ClFN6O3S/c1-19-13-24(34)26(44-17-21-5-4-6-22(35)14-21)15-25(19)41-30-27-28(39-33(41)43)29(45-32(27)37-18-36-30)31(42)38-23-9-7-20(8-10-23)16-40-11-2-3-12-40/h4-10,13-15,18H,2-3,11-12,16-17H2,1H3,(H,38,42)(H,39,43). The summed E-state index contributed by atoms with van der Waals surface area (Å²) < 4.78 is 19.6. The van der Waals surface area contributed by atoms with Gasteiger partial charge in [-0.3, -0.25) is 9.69 Å². The van der Waals surface area contributed by atoms with E-state index in [4.69, 9.17) is 16.3 Å². The zero-order chi connectivity index (χ0) is 31.1. The smallest absolute Gasteiger partial charge is 0.332 e. The number of benzene rings is 3. The molecule has 2 aliphatic rings. The van der Waals surface area contributed by atoms with Gasteiger partial charge in [0.2, 0.25) is 0 Å². The number of likely N-dealkylation sites (tertiary alicyclic amines) is 1. The third kappa shape index (κ3) is 5.82. The van der Waals surface area contributed by atoms with E-state index in [1.54, 1.807) is 24.3 Å². The molecule has 0 saturated carbocycles. The van der Waals surface area contributed by atoms with Crippen molar-refractivity contribution in [1.29, 1.82) is 0 Å². The van der Waals surface area contributed by atoms with E-state index in [9.17, 15) is 14.0 Å². The first kappa shape index (κ1) is 29.1. The largest absolute Gasteiger partial charge is 0.487 e. The van der Waals surface area contributed by atoms with E-state index in [0.717, 1.165) is 19.6 Å². The molecule has 7 rings (SSSR count). The van der Waals surface area contributed by atoms with Gasteiger partial charge in [-0.2, -0.15) is 0 Å². The van der Waals surface area contributed by atoms with Crippen molar-refractivity contribution in [2.75, 3.05) is 28.6 Å². The highest BCUT2D eigenvalue weighted by Gasteiger charge is 2.35. The monoisotopic (exact) mass is 642 g/mol. The molecule has 9 nitrogen and oxygen atoms in total. The maximum atomic E-state index is 13.7. The number of rotatable bonds is 8. The van der Waals surface area contributed by atoms with Crippen LogP contribution < -0.4 is 20.3 Å². The van der Waals surface area contributed by atoms with E-state index in [0.29, 0.717) is 59.9 Å². The van der Waals surface area contributed by atoms with Gasteiger partial charge in [-0.25, -0.2) is 24.1 Å². The van der Waals surface area contributed by atoms with E-state index in [1.807, 2.05) is 31.2 Å². The number of amides is 3. The lowest BCUT2D eigenvalue weighted by molar-refractivity contribution is 0.103. The Balaban J connectivity index is 1.16. The fourth-order valence-electron chi connectivity index (χ4n) is 5.71. The van der Waals surface area contributed by atoms with Gasteiger partial charge in [-0.1, -0.05) is 35.9 Å². The highest BCUT2D eigenvalue weighted by molar-refractivity contribution is 7.21. The number of hydrogen-bond acceptors (Lipinski definition) is 7. The molecule has 3 aromatic carbocycles. The molecule has 2 aliphatic heterocycles. The van der Waals surface area contributed by atoms with Crippen molar-refractivity contribution in [2.45, 2.75) is 32.9 Å². The number of ether oxygens (including phenoxy) is 1. The fraction of sp³-hybridized carbons (Fsp3) is 0.212. The van der Waals surface area contributed by atoms with E-state index in [2.05, 4.69) is 25.5 Å². The molecule has 1 saturated heterocycles. The van der Waals surface area contributed by atoms with Gasteiger partial charge in [0.15, 0.2) is 5.82 Å². The number of carbonyl (C=O) groups excluding carboxylic acids is 2. The Kier molecular flexibility index (Phi) is 7.82. The second-order valence-electron chi connectivity index (χ2n) is 11.1. The van der Waals surface area contributed by atoms with Crippen LogP contribution in [-0.4, -0.2) is 39.9 Å². The van der Waals surface area contributed by atoms with Gasteiger partial charge in [-0.15, -0.1) is 11.3 Å². The van der Waals surface area contributed by atoms with Gasteiger partial charge in [0.05, 0.1) is 21.8 Å². The quantitative estimate of drug-likeness (QED) is 0.178. The topological polar surface area (TPSA) is 99.7 Å². The summed E-state index contributed by atoms with van der Waals surface area (Å²) in [7, 11) is 0. The van der Waals surface area contributed by atoms with Crippen molar-refractivity contribution in [2.24, 2.45) is 0 Å². The van der Waals surface area contributed by atoms with Crippen LogP contribution in [0, 0.1) is 12.7 Å². The van der Waals surface area contributed by atoms with Gasteiger partial charge in [0.1, 0.15) is 34.2 Å². The first-order chi connectivity index (χ1) is 21.8. The van der Waals surface area contributed by atoms with Gasteiger partial charge >= 0.3 is 6.03 Å². The number of nitrogens with zero attached hydrogens (tertiary/aromatic N) is 4. The lowest BCUT2D eigenvalue weighted by Crippen LogP contribution is -2.35. The Bertz CT molecular complexity index is 1940. The number of hydrogen-bond donors (Lipinski definition) is 2. The molecule has 0 spiro atoms. The maximum absolute atomic E-state index is 13.7. The minimum Gasteiger partial charge on any atom is -0.487 e. The molecular weight excluding hydrogens is 615 g/mol. The molecule has 0 atom stereocenters. The number of carbonyl (C=O) groups is 2. The van der Waals surface area contributed by atoms with Crippen molar-refractivity contribution in [3.05, 3.63) is 99.4 Å². The van der Waals surface area contributed by atoms with E-state index >= 15 is 0 Å². The molecule has 2 aromatic heterocycles. The maximum Gasteiger partial charge on any atom is 0.332 e. The third-order valence-corrected chi connectivity index (χ3v) is 9.30. The van der Waals surface area contributed by atoms with Crippen molar-refractivity contribution in [3.63, 3.8) is 0 Å². The molecular formula is C33H28ClFN6O3S. The van der Waals surface area contributed by atoms with Crippen molar-refractivity contribution >= 4 is 68.0 Å². The minimum absolute atomic E-state index is 0.0816. The van der Waals surface area contributed by atoms with Gasteiger partial charge < -0.3 is 15.4 Å². The number of aryl methyl sites for hydroxylation is 1. The number of thiophene rings is 1. The number of aromatic nitrogens is 2. The molecule has 3 amide bonds. The summed E-state index contributed by atoms with van der Waals surface area (Å²) in [5, 5.41) is 6.76. The molecule has 12 heteroatoms. The molecule has 5 aromatic rings. The Morgan fingerprint density at radius 3 is 2.67 bits per heavy atom. The van der Waals surface area contributed by atoms with Crippen LogP contribution in [0.1, 0.15) is 39.2 Å². The SMILES string of the molecule is Cc1cc(Cl)c(OCc2cccc(F)c2)cc1N1C(=O)Nc2c(C(=O)Nc3ccc(CN4CCCC4)cc3)sc3ncnc1c23. The zero-order valence-corrected chi connectivity index (χ0v) is 25.8. The van der Waals surface area contributed by atoms with Gasteiger partial charge in [-0.05, 0) is 79.9 Å². The van der Waals surface area contributed by atoms with Crippen LogP contribution in [0.2, 0.25) is 5.02 Å². The third-order valence-electron chi connectivity index (χ3n) is 7.91. The number of urea groups is 1. The second-order valence-corrected chi connectivity index (χ2v) is 12.5. The zero-order valence-electron chi connectivity index (χ0n) is 24.3. The average molecular weight is 643 g/mol. The van der Waals surface area contributed by atoms with Crippen LogP contribution in [0.4, 0.5) is 32.1 Å². The highest BCUT2D eigenvalue weighted by Crippen LogP contribution is 2.46. The fourth-order valence-corrected chi connectivity index (χ4v) is 6.97. The highest BCUT2D eigenvalue weighted by atomic mass is 35.5. The Labute approximate surface area is 267 Å². The Morgan fingerprint density at radius 2 is 1.89 bits per heavy atom. The molecule has 228 valence electrons. The van der Waals surface area contributed by atoms with Crippen molar-refractivity contribution in [1.82, 2.24) is 14.9 Å². The van der Waals surface area contributed by atoms with Crippen LogP contribution >= 0.6 is 22.9 Å². The number of halogens is 2. The lowest BCUT2D eigenvalue weighted by Gasteiger charge is -2.28. The summed E-state index contributed by atoms with van der Waals surface area (Å²) in [6, 6.07) is 16.8. The minimum atomic E-state index is -0.497. The van der Waals surface area contributed by atoms with E-state index in [-0.39, 0.29) is 18.3 Å².